The standard InChI is InChI=1S/C22H25N3O2/c1-16-6-8-19(9-7-16)23-22(26)25-11-10-18-14-24(12-13-27-2)20-5-3-4-17(15-25)21(18)20/h3-9,14H,10-13,15H2,1-2H3,(H,23,26). The van der Waals surface area contributed by atoms with Crippen LogP contribution >= 0.6 is 0 Å². The highest BCUT2D eigenvalue weighted by atomic mass is 16.5. The highest BCUT2D eigenvalue weighted by Crippen LogP contribution is 2.29. The number of rotatable bonds is 4. The first-order valence-electron chi connectivity index (χ1n) is 9.37. The van der Waals surface area contributed by atoms with Gasteiger partial charge >= 0.3 is 6.03 Å². The Hall–Kier alpha value is -2.79. The number of amides is 2. The van der Waals surface area contributed by atoms with Crippen molar-refractivity contribution in [3.63, 3.8) is 0 Å². The average Bonchev–Trinajstić information content (AvgIpc) is 2.92. The Bertz CT molecular complexity index is 960. The summed E-state index contributed by atoms with van der Waals surface area (Å²) in [7, 11) is 1.73. The van der Waals surface area contributed by atoms with Crippen molar-refractivity contribution in [2.45, 2.75) is 26.4 Å². The lowest BCUT2D eigenvalue weighted by atomic mass is 10.1. The number of nitrogens with one attached hydrogen (secondary N) is 1. The number of hydrogen-bond acceptors (Lipinski definition) is 2. The molecular weight excluding hydrogens is 338 g/mol. The van der Waals surface area contributed by atoms with Gasteiger partial charge in [-0.3, -0.25) is 0 Å². The van der Waals surface area contributed by atoms with Crippen molar-refractivity contribution in [2.75, 3.05) is 25.6 Å². The van der Waals surface area contributed by atoms with Crippen molar-refractivity contribution in [1.82, 2.24) is 9.47 Å². The summed E-state index contributed by atoms with van der Waals surface area (Å²) in [6.07, 6.45) is 3.07. The summed E-state index contributed by atoms with van der Waals surface area (Å²) < 4.78 is 7.50. The van der Waals surface area contributed by atoms with Crippen LogP contribution in [0.15, 0.2) is 48.7 Å². The van der Waals surface area contributed by atoms with Gasteiger partial charge in [0, 0.05) is 49.5 Å². The van der Waals surface area contributed by atoms with Crippen LogP contribution in [-0.4, -0.2) is 35.8 Å². The third-order valence-electron chi connectivity index (χ3n) is 5.21. The van der Waals surface area contributed by atoms with E-state index in [1.807, 2.05) is 36.1 Å². The molecule has 0 aliphatic carbocycles. The van der Waals surface area contributed by atoms with Gasteiger partial charge in [-0.05, 0) is 42.7 Å². The Morgan fingerprint density at radius 3 is 2.74 bits per heavy atom. The van der Waals surface area contributed by atoms with Gasteiger partial charge in [0.2, 0.25) is 0 Å². The van der Waals surface area contributed by atoms with Gasteiger partial charge in [0.15, 0.2) is 0 Å². The van der Waals surface area contributed by atoms with Crippen molar-refractivity contribution in [2.24, 2.45) is 0 Å². The van der Waals surface area contributed by atoms with Crippen molar-refractivity contribution in [3.8, 4) is 0 Å². The number of hydrogen-bond donors (Lipinski definition) is 1. The molecule has 5 nitrogen and oxygen atoms in total. The van der Waals surface area contributed by atoms with E-state index in [1.165, 1.54) is 27.6 Å². The zero-order chi connectivity index (χ0) is 18.8. The van der Waals surface area contributed by atoms with Crippen molar-refractivity contribution in [1.29, 1.82) is 0 Å². The second kappa shape index (κ2) is 7.45. The highest BCUT2D eigenvalue weighted by Gasteiger charge is 2.22. The maximum absolute atomic E-state index is 12.8. The van der Waals surface area contributed by atoms with E-state index in [4.69, 9.17) is 4.74 Å². The minimum absolute atomic E-state index is 0.0479. The van der Waals surface area contributed by atoms with Gasteiger partial charge in [-0.25, -0.2) is 4.79 Å². The molecule has 2 aromatic carbocycles. The quantitative estimate of drug-likeness (QED) is 0.756. The number of aromatic nitrogens is 1. The van der Waals surface area contributed by atoms with Gasteiger partial charge in [0.1, 0.15) is 0 Å². The number of urea groups is 1. The zero-order valence-corrected chi connectivity index (χ0v) is 15.9. The van der Waals surface area contributed by atoms with Gasteiger partial charge in [-0.15, -0.1) is 0 Å². The van der Waals surface area contributed by atoms with Crippen molar-refractivity contribution >= 4 is 22.6 Å². The van der Waals surface area contributed by atoms with Crippen molar-refractivity contribution in [3.05, 3.63) is 65.4 Å². The largest absolute Gasteiger partial charge is 0.383 e. The molecule has 5 heteroatoms. The molecule has 0 spiro atoms. The minimum Gasteiger partial charge on any atom is -0.383 e. The number of ether oxygens (including phenoxy) is 1. The molecule has 0 bridgehead atoms. The first kappa shape index (κ1) is 17.6. The summed E-state index contributed by atoms with van der Waals surface area (Å²) in [6, 6.07) is 14.2. The number of carbonyl (C=O) groups is 1. The molecule has 27 heavy (non-hydrogen) atoms. The van der Waals surface area contributed by atoms with E-state index >= 15 is 0 Å². The average molecular weight is 363 g/mol. The van der Waals surface area contributed by atoms with Gasteiger partial charge < -0.3 is 19.5 Å². The second-order valence-electron chi connectivity index (χ2n) is 7.12. The van der Waals surface area contributed by atoms with Crippen LogP contribution < -0.4 is 5.32 Å². The topological polar surface area (TPSA) is 46.5 Å². The molecule has 1 aromatic heterocycles. The predicted octanol–water partition coefficient (Wildman–Crippen LogP) is 4.19. The monoisotopic (exact) mass is 363 g/mol. The number of aryl methyl sites for hydroxylation is 1. The molecule has 0 unspecified atom stereocenters. The fourth-order valence-electron chi connectivity index (χ4n) is 3.77. The summed E-state index contributed by atoms with van der Waals surface area (Å²) in [4.78, 5) is 14.7. The molecule has 4 rings (SSSR count). The lowest BCUT2D eigenvalue weighted by molar-refractivity contribution is 0.188. The van der Waals surface area contributed by atoms with Crippen LogP contribution in [0.5, 0.6) is 0 Å². The number of benzene rings is 2. The predicted molar refractivity (Wildman–Crippen MR) is 108 cm³/mol. The Morgan fingerprint density at radius 2 is 1.96 bits per heavy atom. The van der Waals surface area contributed by atoms with E-state index in [0.717, 1.165) is 18.7 Å². The molecule has 2 amide bonds. The van der Waals surface area contributed by atoms with E-state index < -0.39 is 0 Å². The second-order valence-corrected chi connectivity index (χ2v) is 7.12. The lowest BCUT2D eigenvalue weighted by Gasteiger charge is -2.22. The summed E-state index contributed by atoms with van der Waals surface area (Å²) in [5.41, 5.74) is 5.74. The molecule has 1 aliphatic heterocycles. The highest BCUT2D eigenvalue weighted by molar-refractivity contribution is 5.91. The summed E-state index contributed by atoms with van der Waals surface area (Å²) in [5, 5.41) is 4.31. The maximum Gasteiger partial charge on any atom is 0.322 e. The summed E-state index contributed by atoms with van der Waals surface area (Å²) >= 11 is 0. The van der Waals surface area contributed by atoms with Crippen LogP contribution in [0.1, 0.15) is 16.7 Å². The molecule has 0 fully saturated rings. The van der Waals surface area contributed by atoms with Crippen LogP contribution in [-0.2, 0) is 24.2 Å². The third-order valence-corrected chi connectivity index (χ3v) is 5.21. The van der Waals surface area contributed by atoms with Crippen LogP contribution in [0.3, 0.4) is 0 Å². The van der Waals surface area contributed by atoms with Gasteiger partial charge in [-0.1, -0.05) is 29.8 Å². The molecule has 2 heterocycles. The maximum atomic E-state index is 12.8. The van der Waals surface area contributed by atoms with Crippen LogP contribution in [0.4, 0.5) is 10.5 Å². The third kappa shape index (κ3) is 3.55. The normalized spacial score (nSPS) is 13.6. The molecule has 1 aliphatic rings. The molecule has 0 radical (unpaired) electrons. The number of carbonyl (C=O) groups excluding carboxylic acids is 1. The molecule has 3 aromatic rings. The SMILES string of the molecule is COCCn1cc2c3c(cccc31)CN(C(=O)Nc1ccc(C)cc1)CC2. The lowest BCUT2D eigenvalue weighted by Crippen LogP contribution is -2.35. The van der Waals surface area contributed by atoms with E-state index in [9.17, 15) is 4.79 Å². The van der Waals surface area contributed by atoms with Gasteiger partial charge in [0.25, 0.3) is 0 Å². The summed E-state index contributed by atoms with van der Waals surface area (Å²) in [5.74, 6) is 0. The number of anilines is 1. The Kier molecular flexibility index (Phi) is 4.86. The molecule has 0 atom stereocenters. The summed E-state index contributed by atoms with van der Waals surface area (Å²) in [6.45, 7) is 4.90. The van der Waals surface area contributed by atoms with E-state index in [0.29, 0.717) is 19.7 Å². The van der Waals surface area contributed by atoms with Gasteiger partial charge in [0.05, 0.1) is 6.61 Å². The Morgan fingerprint density at radius 1 is 1.15 bits per heavy atom. The Labute approximate surface area is 159 Å². The molecule has 0 saturated heterocycles. The first-order chi connectivity index (χ1) is 13.2. The molecule has 1 N–H and O–H groups in total. The smallest absolute Gasteiger partial charge is 0.322 e. The van der Waals surface area contributed by atoms with E-state index in [2.05, 4.69) is 34.3 Å². The van der Waals surface area contributed by atoms with Crippen molar-refractivity contribution < 1.29 is 9.53 Å². The fraction of sp³-hybridized carbons (Fsp3) is 0.318. The first-order valence-corrected chi connectivity index (χ1v) is 9.37. The Balaban J connectivity index is 1.57. The zero-order valence-electron chi connectivity index (χ0n) is 15.9. The van der Waals surface area contributed by atoms with E-state index in [1.54, 1.807) is 7.11 Å². The van der Waals surface area contributed by atoms with Gasteiger partial charge in [-0.2, -0.15) is 0 Å². The van der Waals surface area contributed by atoms with E-state index in [-0.39, 0.29) is 6.03 Å². The van der Waals surface area contributed by atoms with Crippen LogP contribution in [0, 0.1) is 6.92 Å². The van der Waals surface area contributed by atoms with Crippen LogP contribution in [0.2, 0.25) is 0 Å². The van der Waals surface area contributed by atoms with Crippen LogP contribution in [0.25, 0.3) is 10.9 Å². The fourth-order valence-corrected chi connectivity index (χ4v) is 3.77. The minimum atomic E-state index is -0.0479. The number of methoxy groups -OCH3 is 1. The molecule has 140 valence electrons. The molecule has 0 saturated carbocycles. The number of nitrogens with zero attached hydrogens (tertiary/aromatic N) is 2. The molecular formula is C22H25N3O2.